The van der Waals surface area contributed by atoms with E-state index >= 15 is 0 Å². The van der Waals surface area contributed by atoms with E-state index in [1.807, 2.05) is 0 Å². The maximum Gasteiger partial charge on any atom is 0.460 e. The normalized spacial score (nSPS) is 16.3. The highest BCUT2D eigenvalue weighted by Crippen LogP contribution is 2.57. The maximum absolute atomic E-state index is 13.7. The first kappa shape index (κ1) is 29.7. The number of halogens is 11. The van der Waals surface area contributed by atoms with Crippen LogP contribution in [-0.2, 0) is 9.53 Å². The fourth-order valence-electron chi connectivity index (χ4n) is 2.50. The van der Waals surface area contributed by atoms with Gasteiger partial charge in [-0.25, -0.2) is 0 Å². The molecule has 0 aromatic heterocycles. The number of rotatable bonds is 8. The number of carbonyl (C=O) groups excluding carboxylic acids is 1. The third kappa shape index (κ3) is 6.36. The Balaban J connectivity index is 5.52. The van der Waals surface area contributed by atoms with E-state index in [1.54, 1.807) is 41.5 Å². The van der Waals surface area contributed by atoms with Crippen molar-refractivity contribution in [3.63, 3.8) is 0 Å². The van der Waals surface area contributed by atoms with Gasteiger partial charge in [0.2, 0.25) is 0 Å². The van der Waals surface area contributed by atoms with E-state index in [0.29, 0.717) is 0 Å². The number of hydrogen-bond acceptors (Lipinski definition) is 2. The van der Waals surface area contributed by atoms with Crippen molar-refractivity contribution in [2.75, 3.05) is 6.61 Å². The number of hydrogen-bond donors (Lipinski definition) is 0. The van der Waals surface area contributed by atoms with Crippen molar-refractivity contribution in [3.05, 3.63) is 0 Å². The van der Waals surface area contributed by atoms with Gasteiger partial charge >= 0.3 is 35.8 Å². The second kappa shape index (κ2) is 8.57. The van der Waals surface area contributed by atoms with E-state index in [0.717, 1.165) is 0 Å². The van der Waals surface area contributed by atoms with Gasteiger partial charge in [-0.15, -0.1) is 0 Å². The van der Waals surface area contributed by atoms with Crippen molar-refractivity contribution in [3.8, 4) is 0 Å². The second-order valence-electron chi connectivity index (χ2n) is 9.53. The molecule has 0 aliphatic rings. The SMILES string of the molecule is CC(C)(C)CC(C(=O)OCCC(F)(F)C(F)(F)C(F)(F)C(F)(F)C(F)(F)F)C(C)(C)C. The van der Waals surface area contributed by atoms with Crippen LogP contribution < -0.4 is 0 Å². The molecule has 0 aromatic rings. The summed E-state index contributed by atoms with van der Waals surface area (Å²) >= 11 is 0. The molecule has 0 aliphatic carbocycles. The van der Waals surface area contributed by atoms with Crippen LogP contribution in [-0.4, -0.2) is 42.4 Å². The largest absolute Gasteiger partial charge is 0.465 e. The highest BCUT2D eigenvalue weighted by molar-refractivity contribution is 5.73. The fourth-order valence-corrected chi connectivity index (χ4v) is 2.50. The van der Waals surface area contributed by atoms with Gasteiger partial charge in [-0.1, -0.05) is 41.5 Å². The van der Waals surface area contributed by atoms with Gasteiger partial charge in [-0.3, -0.25) is 4.79 Å². The van der Waals surface area contributed by atoms with Crippen LogP contribution in [0.2, 0.25) is 0 Å². The second-order valence-corrected chi connectivity index (χ2v) is 9.53. The van der Waals surface area contributed by atoms with Crippen LogP contribution in [0.1, 0.15) is 54.4 Å². The van der Waals surface area contributed by atoms with Gasteiger partial charge < -0.3 is 4.74 Å². The quantitative estimate of drug-likeness (QED) is 0.272. The first-order valence-corrected chi connectivity index (χ1v) is 8.97. The molecule has 13 heteroatoms. The molecule has 0 aromatic carbocycles. The summed E-state index contributed by atoms with van der Waals surface area (Å²) in [5.74, 6) is -30.1. The first-order chi connectivity index (χ1) is 13.2. The molecule has 0 radical (unpaired) electrons. The monoisotopic (exact) mass is 482 g/mol. The van der Waals surface area contributed by atoms with E-state index in [2.05, 4.69) is 4.74 Å². The summed E-state index contributed by atoms with van der Waals surface area (Å²) in [5.41, 5.74) is -1.24. The van der Waals surface area contributed by atoms with Crippen LogP contribution >= 0.6 is 0 Å². The summed E-state index contributed by atoms with van der Waals surface area (Å²) in [6.07, 6.45) is -9.45. The lowest BCUT2D eigenvalue weighted by molar-refractivity contribution is -0.422. The minimum atomic E-state index is -7.47. The smallest absolute Gasteiger partial charge is 0.460 e. The molecular formula is C18H25F11O2. The minimum absolute atomic E-state index is 0.164. The molecule has 186 valence electrons. The van der Waals surface area contributed by atoms with Crippen molar-refractivity contribution in [2.24, 2.45) is 16.7 Å². The van der Waals surface area contributed by atoms with Crippen molar-refractivity contribution >= 4 is 5.97 Å². The molecule has 0 amide bonds. The van der Waals surface area contributed by atoms with Gasteiger partial charge in [0, 0.05) is 0 Å². The molecule has 0 bridgehead atoms. The molecule has 1 atom stereocenters. The lowest BCUT2D eigenvalue weighted by Gasteiger charge is -2.37. The highest BCUT2D eigenvalue weighted by atomic mass is 19.4. The first-order valence-electron chi connectivity index (χ1n) is 8.97. The van der Waals surface area contributed by atoms with Crippen molar-refractivity contribution in [2.45, 2.75) is 84.3 Å². The average Bonchev–Trinajstić information content (AvgIpc) is 2.48. The van der Waals surface area contributed by atoms with Gasteiger partial charge in [0.1, 0.15) is 0 Å². The van der Waals surface area contributed by atoms with Gasteiger partial charge in [0.25, 0.3) is 0 Å². The molecule has 0 saturated carbocycles. The molecule has 31 heavy (non-hydrogen) atoms. The zero-order valence-electron chi connectivity index (χ0n) is 17.7. The topological polar surface area (TPSA) is 26.3 Å². The Kier molecular flexibility index (Phi) is 8.21. The Morgan fingerprint density at radius 1 is 0.710 bits per heavy atom. The third-order valence-corrected chi connectivity index (χ3v) is 4.41. The summed E-state index contributed by atoms with van der Waals surface area (Å²) < 4.78 is 147. The Morgan fingerprint density at radius 3 is 1.45 bits per heavy atom. The Hall–Kier alpha value is -1.30. The highest BCUT2D eigenvalue weighted by Gasteiger charge is 2.86. The van der Waals surface area contributed by atoms with Gasteiger partial charge in [-0.2, -0.15) is 48.3 Å². The molecule has 0 heterocycles. The molecule has 2 nitrogen and oxygen atoms in total. The van der Waals surface area contributed by atoms with Crippen molar-refractivity contribution < 1.29 is 57.8 Å². The molecule has 0 fully saturated rings. The van der Waals surface area contributed by atoms with Crippen LogP contribution in [0.3, 0.4) is 0 Å². The van der Waals surface area contributed by atoms with E-state index < -0.39 is 65.6 Å². The predicted octanol–water partition coefficient (Wildman–Crippen LogP) is 7.12. The summed E-state index contributed by atoms with van der Waals surface area (Å²) in [4.78, 5) is 12.2. The van der Waals surface area contributed by atoms with E-state index in [1.165, 1.54) is 0 Å². The standard InChI is InChI=1S/C18H25F11O2/c1-12(2,3)9-10(13(4,5)6)11(30)31-8-7-14(19,20)15(21,22)16(23,24)17(25,26)18(27,28)29/h10H,7-9H2,1-6H3. The van der Waals surface area contributed by atoms with Crippen LogP contribution in [0.4, 0.5) is 48.3 Å². The van der Waals surface area contributed by atoms with Crippen molar-refractivity contribution in [1.82, 2.24) is 0 Å². The molecule has 0 saturated heterocycles. The number of alkyl halides is 11. The average molecular weight is 482 g/mol. The van der Waals surface area contributed by atoms with E-state index in [4.69, 9.17) is 0 Å². The Morgan fingerprint density at radius 2 is 1.13 bits per heavy atom. The molecule has 0 N–H and O–H groups in total. The van der Waals surface area contributed by atoms with Crippen molar-refractivity contribution in [1.29, 1.82) is 0 Å². The lowest BCUT2D eigenvalue weighted by Crippen LogP contribution is -2.66. The molecule has 1 unspecified atom stereocenters. The number of esters is 1. The van der Waals surface area contributed by atoms with Crippen LogP contribution in [0.15, 0.2) is 0 Å². The number of ether oxygens (including phenoxy) is 1. The van der Waals surface area contributed by atoms with E-state index in [-0.39, 0.29) is 6.42 Å². The molecule has 0 aliphatic heterocycles. The summed E-state index contributed by atoms with van der Waals surface area (Å²) in [7, 11) is 0. The van der Waals surface area contributed by atoms with Gasteiger partial charge in [0.15, 0.2) is 0 Å². The summed E-state index contributed by atoms with van der Waals surface area (Å²) in [6.45, 7) is 8.36. The fraction of sp³-hybridized carbons (Fsp3) is 0.944. The summed E-state index contributed by atoms with van der Waals surface area (Å²) in [5, 5.41) is 0. The maximum atomic E-state index is 13.7. The van der Waals surface area contributed by atoms with Crippen LogP contribution in [0, 0.1) is 16.7 Å². The Labute approximate surface area is 172 Å². The van der Waals surface area contributed by atoms with Gasteiger partial charge in [-0.05, 0) is 17.3 Å². The Bertz CT molecular complexity index is 626. The van der Waals surface area contributed by atoms with Crippen LogP contribution in [0.25, 0.3) is 0 Å². The van der Waals surface area contributed by atoms with Crippen LogP contribution in [0.5, 0.6) is 0 Å². The lowest BCUT2D eigenvalue weighted by atomic mass is 9.72. The molecular weight excluding hydrogens is 457 g/mol. The third-order valence-electron chi connectivity index (χ3n) is 4.41. The molecule has 0 spiro atoms. The number of carbonyl (C=O) groups is 1. The minimum Gasteiger partial charge on any atom is -0.465 e. The predicted molar refractivity (Wildman–Crippen MR) is 88.4 cm³/mol. The zero-order chi connectivity index (χ0) is 25.5. The van der Waals surface area contributed by atoms with Gasteiger partial charge in [0.05, 0.1) is 18.9 Å². The summed E-state index contributed by atoms with van der Waals surface area (Å²) in [6, 6.07) is 0. The van der Waals surface area contributed by atoms with E-state index in [9.17, 15) is 53.1 Å². The zero-order valence-corrected chi connectivity index (χ0v) is 17.7. The molecule has 0 rings (SSSR count).